The number of nitrogens with one attached hydrogen (secondary N) is 1. The lowest BCUT2D eigenvalue weighted by Gasteiger charge is -2.07. The van der Waals surface area contributed by atoms with Crippen molar-refractivity contribution in [2.75, 3.05) is 0 Å². The maximum Gasteiger partial charge on any atom is 0.241 e. The SMILES string of the molecule is O=C(CCn1c2ccccc2c2cc(I)ccc21)NN=Cc1ccccc1. The van der Waals surface area contributed by atoms with Gasteiger partial charge >= 0.3 is 0 Å². The number of rotatable bonds is 5. The van der Waals surface area contributed by atoms with Crippen LogP contribution in [-0.2, 0) is 11.3 Å². The lowest BCUT2D eigenvalue weighted by Crippen LogP contribution is -2.19. The second-order valence-electron chi connectivity index (χ2n) is 6.28. The van der Waals surface area contributed by atoms with Gasteiger partial charge in [-0.3, -0.25) is 4.79 Å². The van der Waals surface area contributed by atoms with Gasteiger partial charge in [0, 0.05) is 38.3 Å². The van der Waals surface area contributed by atoms with Gasteiger partial charge in [0.15, 0.2) is 0 Å². The van der Waals surface area contributed by atoms with Gasteiger partial charge in [0.05, 0.1) is 6.21 Å². The van der Waals surface area contributed by atoms with E-state index < -0.39 is 0 Å². The number of hydrogen-bond acceptors (Lipinski definition) is 2. The number of aryl methyl sites for hydroxylation is 1. The molecule has 1 aromatic heterocycles. The Kier molecular flexibility index (Phi) is 5.20. The smallest absolute Gasteiger partial charge is 0.241 e. The van der Waals surface area contributed by atoms with Crippen molar-refractivity contribution in [2.24, 2.45) is 5.10 Å². The standard InChI is InChI=1S/C22H18IN3O/c23-17-10-11-21-19(14-17)18-8-4-5-9-20(18)26(21)13-12-22(27)25-24-15-16-6-2-1-3-7-16/h1-11,14-15H,12-13H2,(H,25,27). The van der Waals surface area contributed by atoms with E-state index in [1.807, 2.05) is 36.4 Å². The van der Waals surface area contributed by atoms with Crippen LogP contribution in [0.1, 0.15) is 12.0 Å². The summed E-state index contributed by atoms with van der Waals surface area (Å²) in [5.41, 5.74) is 5.87. The van der Waals surface area contributed by atoms with Gasteiger partial charge in [0.1, 0.15) is 0 Å². The topological polar surface area (TPSA) is 46.4 Å². The predicted molar refractivity (Wildman–Crippen MR) is 119 cm³/mol. The molecule has 4 rings (SSSR count). The molecule has 4 aromatic rings. The molecule has 0 saturated heterocycles. The van der Waals surface area contributed by atoms with E-state index in [1.54, 1.807) is 6.21 Å². The van der Waals surface area contributed by atoms with E-state index in [-0.39, 0.29) is 5.91 Å². The summed E-state index contributed by atoms with van der Waals surface area (Å²) in [6, 6.07) is 24.4. The number of hydrazone groups is 1. The number of para-hydroxylation sites is 1. The Hall–Kier alpha value is -2.67. The maximum absolute atomic E-state index is 12.2. The van der Waals surface area contributed by atoms with Gasteiger partial charge in [0.2, 0.25) is 5.91 Å². The molecule has 5 heteroatoms. The van der Waals surface area contributed by atoms with Gasteiger partial charge in [-0.05, 0) is 52.4 Å². The van der Waals surface area contributed by atoms with Crippen molar-refractivity contribution in [3.8, 4) is 0 Å². The average Bonchev–Trinajstić information content (AvgIpc) is 3.00. The monoisotopic (exact) mass is 467 g/mol. The largest absolute Gasteiger partial charge is 0.340 e. The fourth-order valence-corrected chi connectivity index (χ4v) is 3.75. The van der Waals surface area contributed by atoms with Crippen molar-refractivity contribution in [2.45, 2.75) is 13.0 Å². The molecule has 1 N–H and O–H groups in total. The first-order valence-corrected chi connectivity index (χ1v) is 9.84. The maximum atomic E-state index is 12.2. The van der Waals surface area contributed by atoms with E-state index in [0.717, 1.165) is 16.6 Å². The van der Waals surface area contributed by atoms with Crippen LogP contribution in [0.25, 0.3) is 21.8 Å². The summed E-state index contributed by atoms with van der Waals surface area (Å²) in [6.45, 7) is 0.608. The fourth-order valence-electron chi connectivity index (χ4n) is 3.25. The van der Waals surface area contributed by atoms with Crippen molar-refractivity contribution in [3.63, 3.8) is 0 Å². The number of halogens is 1. The number of carbonyl (C=O) groups is 1. The van der Waals surface area contributed by atoms with E-state index in [2.05, 4.69) is 74.1 Å². The quantitative estimate of drug-likeness (QED) is 0.252. The number of benzene rings is 3. The van der Waals surface area contributed by atoms with Gasteiger partial charge in [-0.2, -0.15) is 5.10 Å². The molecular formula is C22H18IN3O. The molecule has 134 valence electrons. The fraction of sp³-hybridized carbons (Fsp3) is 0.0909. The van der Waals surface area contributed by atoms with E-state index >= 15 is 0 Å². The van der Waals surface area contributed by atoms with Crippen LogP contribution in [-0.4, -0.2) is 16.7 Å². The number of hydrogen-bond donors (Lipinski definition) is 1. The van der Waals surface area contributed by atoms with Crippen LogP contribution in [0.2, 0.25) is 0 Å². The van der Waals surface area contributed by atoms with Crippen LogP contribution in [0.15, 0.2) is 77.9 Å². The summed E-state index contributed by atoms with van der Waals surface area (Å²) in [4.78, 5) is 12.2. The Labute approximate surface area is 171 Å². The van der Waals surface area contributed by atoms with E-state index in [1.165, 1.54) is 14.3 Å². The minimum atomic E-state index is -0.0985. The number of nitrogens with zero attached hydrogens (tertiary/aromatic N) is 2. The summed E-state index contributed by atoms with van der Waals surface area (Å²) in [7, 11) is 0. The lowest BCUT2D eigenvalue weighted by molar-refractivity contribution is -0.121. The van der Waals surface area contributed by atoms with Gasteiger partial charge in [0.25, 0.3) is 0 Å². The van der Waals surface area contributed by atoms with Crippen molar-refractivity contribution in [1.29, 1.82) is 0 Å². The third-order valence-corrected chi connectivity index (χ3v) is 5.17. The molecule has 3 aromatic carbocycles. The number of amides is 1. The summed E-state index contributed by atoms with van der Waals surface area (Å²) < 4.78 is 3.41. The molecule has 0 unspecified atom stereocenters. The van der Waals surface area contributed by atoms with Gasteiger partial charge in [-0.15, -0.1) is 0 Å². The highest BCUT2D eigenvalue weighted by Gasteiger charge is 2.11. The Morgan fingerprint density at radius 3 is 2.56 bits per heavy atom. The van der Waals surface area contributed by atoms with Crippen LogP contribution in [0, 0.1) is 3.57 Å². The molecule has 0 radical (unpaired) electrons. The van der Waals surface area contributed by atoms with Gasteiger partial charge in [-0.1, -0.05) is 48.5 Å². The van der Waals surface area contributed by atoms with Crippen molar-refractivity contribution in [3.05, 3.63) is 81.9 Å². The van der Waals surface area contributed by atoms with Gasteiger partial charge in [-0.25, -0.2) is 5.43 Å². The van der Waals surface area contributed by atoms with Crippen molar-refractivity contribution < 1.29 is 4.79 Å². The highest BCUT2D eigenvalue weighted by molar-refractivity contribution is 14.1. The molecule has 0 aliphatic carbocycles. The molecule has 0 atom stereocenters. The Morgan fingerprint density at radius 1 is 0.963 bits per heavy atom. The molecule has 4 nitrogen and oxygen atoms in total. The Balaban J connectivity index is 1.51. The number of carbonyl (C=O) groups excluding carboxylic acids is 1. The minimum Gasteiger partial charge on any atom is -0.340 e. The first-order valence-electron chi connectivity index (χ1n) is 8.76. The molecule has 0 fully saturated rings. The van der Waals surface area contributed by atoms with E-state index in [9.17, 15) is 4.79 Å². The average molecular weight is 467 g/mol. The zero-order valence-corrected chi connectivity index (χ0v) is 16.8. The lowest BCUT2D eigenvalue weighted by atomic mass is 10.2. The molecular weight excluding hydrogens is 449 g/mol. The summed E-state index contributed by atoms with van der Waals surface area (Å²) in [5, 5.41) is 6.48. The molecule has 0 aliphatic heterocycles. The normalized spacial score (nSPS) is 11.4. The zero-order chi connectivity index (χ0) is 18.6. The van der Waals surface area contributed by atoms with Crippen LogP contribution in [0.5, 0.6) is 0 Å². The third kappa shape index (κ3) is 3.88. The Morgan fingerprint density at radius 2 is 1.70 bits per heavy atom. The molecule has 27 heavy (non-hydrogen) atoms. The Bertz CT molecular complexity index is 1130. The van der Waals surface area contributed by atoms with E-state index in [4.69, 9.17) is 0 Å². The van der Waals surface area contributed by atoms with Crippen LogP contribution in [0.4, 0.5) is 0 Å². The van der Waals surface area contributed by atoms with Gasteiger partial charge < -0.3 is 4.57 Å². The number of aromatic nitrogens is 1. The molecule has 0 saturated carbocycles. The van der Waals surface area contributed by atoms with Crippen LogP contribution < -0.4 is 5.43 Å². The summed E-state index contributed by atoms with van der Waals surface area (Å²) >= 11 is 2.33. The van der Waals surface area contributed by atoms with Crippen molar-refractivity contribution >= 4 is 56.5 Å². The van der Waals surface area contributed by atoms with Crippen molar-refractivity contribution in [1.82, 2.24) is 9.99 Å². The second-order valence-corrected chi connectivity index (χ2v) is 7.53. The zero-order valence-electron chi connectivity index (χ0n) is 14.6. The first kappa shape index (κ1) is 17.7. The number of fused-ring (bicyclic) bond motifs is 3. The summed E-state index contributed by atoms with van der Waals surface area (Å²) in [6.07, 6.45) is 2.02. The van der Waals surface area contributed by atoms with Crippen LogP contribution >= 0.6 is 22.6 Å². The summed E-state index contributed by atoms with van der Waals surface area (Å²) in [5.74, 6) is -0.0985. The highest BCUT2D eigenvalue weighted by Crippen LogP contribution is 2.30. The molecule has 0 aliphatic rings. The molecule has 1 heterocycles. The molecule has 0 spiro atoms. The van der Waals surface area contributed by atoms with E-state index in [0.29, 0.717) is 13.0 Å². The first-order chi connectivity index (χ1) is 13.2. The predicted octanol–water partition coefficient (Wildman–Crippen LogP) is 4.94. The molecule has 0 bridgehead atoms. The second kappa shape index (κ2) is 7.92. The third-order valence-electron chi connectivity index (χ3n) is 4.50. The minimum absolute atomic E-state index is 0.0985. The molecule has 1 amide bonds. The van der Waals surface area contributed by atoms with Crippen LogP contribution in [0.3, 0.4) is 0 Å². The highest BCUT2D eigenvalue weighted by atomic mass is 127.